The Labute approximate surface area is 215 Å². The van der Waals surface area contributed by atoms with Crippen molar-refractivity contribution in [2.75, 3.05) is 26.9 Å². The van der Waals surface area contributed by atoms with Crippen molar-refractivity contribution in [2.45, 2.75) is 102 Å². The van der Waals surface area contributed by atoms with Crippen LogP contribution in [0.5, 0.6) is 5.75 Å². The second-order valence-electron chi connectivity index (χ2n) is 10.8. The van der Waals surface area contributed by atoms with Gasteiger partial charge in [-0.3, -0.25) is 4.79 Å². The molecule has 0 bridgehead atoms. The molecule has 1 aromatic rings. The van der Waals surface area contributed by atoms with Crippen LogP contribution in [0.2, 0.25) is 0 Å². The van der Waals surface area contributed by atoms with Crippen LogP contribution in [0, 0.1) is 0 Å². The fraction of sp³-hybridized carbons (Fsp3) is 0.714. The molecule has 2 fully saturated rings. The summed E-state index contributed by atoms with van der Waals surface area (Å²) < 4.78 is 22.5. The van der Waals surface area contributed by atoms with Crippen molar-refractivity contribution in [3.8, 4) is 5.75 Å². The van der Waals surface area contributed by atoms with Crippen LogP contribution < -0.4 is 15.4 Å². The third-order valence-corrected chi connectivity index (χ3v) is 6.84. The van der Waals surface area contributed by atoms with Crippen molar-refractivity contribution >= 4 is 12.1 Å². The lowest BCUT2D eigenvalue weighted by Gasteiger charge is -2.36. The van der Waals surface area contributed by atoms with Gasteiger partial charge in [-0.1, -0.05) is 18.2 Å². The van der Waals surface area contributed by atoms with Crippen LogP contribution in [0.25, 0.3) is 0 Å². The standard InChI is InChI=1S/C28H44N2O6/c1-28(2,3)36-27(32)30-23-10-7-17-29-24(23)19-35-21-15-13-20(14-16-21)22-9-5-6-11-25(22)34-18-8-12-26(31)33-4/h5-6,9,11,20-21,23-24,29H,7-8,10,12-19H2,1-4H3,(H,30,32)/t20?,21?,23-,24-/m1/s1. The maximum atomic E-state index is 12.3. The van der Waals surface area contributed by atoms with Crippen LogP contribution in [0.1, 0.15) is 83.6 Å². The quantitative estimate of drug-likeness (QED) is 0.352. The lowest BCUT2D eigenvalue weighted by molar-refractivity contribution is -0.140. The summed E-state index contributed by atoms with van der Waals surface area (Å²) in [5, 5.41) is 6.55. The van der Waals surface area contributed by atoms with E-state index in [9.17, 15) is 9.59 Å². The number of nitrogens with one attached hydrogen (secondary N) is 2. The Morgan fingerprint density at radius 2 is 1.83 bits per heavy atom. The number of ether oxygens (including phenoxy) is 4. The van der Waals surface area contributed by atoms with Gasteiger partial charge >= 0.3 is 12.1 Å². The molecule has 0 radical (unpaired) electrons. The molecule has 8 nitrogen and oxygen atoms in total. The zero-order valence-corrected chi connectivity index (χ0v) is 22.3. The molecular weight excluding hydrogens is 460 g/mol. The molecule has 1 amide bonds. The van der Waals surface area contributed by atoms with E-state index < -0.39 is 5.60 Å². The van der Waals surface area contributed by atoms with Gasteiger partial charge in [-0.25, -0.2) is 4.79 Å². The van der Waals surface area contributed by atoms with E-state index in [1.807, 2.05) is 32.9 Å². The average molecular weight is 505 g/mol. The molecular formula is C28H44N2O6. The predicted molar refractivity (Wildman–Crippen MR) is 138 cm³/mol. The monoisotopic (exact) mass is 504 g/mol. The Morgan fingerprint density at radius 3 is 2.56 bits per heavy atom. The zero-order valence-electron chi connectivity index (χ0n) is 22.3. The lowest BCUT2D eigenvalue weighted by atomic mass is 9.82. The van der Waals surface area contributed by atoms with E-state index in [4.69, 9.17) is 18.9 Å². The van der Waals surface area contributed by atoms with Gasteiger partial charge in [-0.15, -0.1) is 0 Å². The Hall–Kier alpha value is -2.32. The summed E-state index contributed by atoms with van der Waals surface area (Å²) in [5.74, 6) is 1.14. The fourth-order valence-corrected chi connectivity index (χ4v) is 4.99. The third kappa shape index (κ3) is 9.28. The van der Waals surface area contributed by atoms with Gasteiger partial charge < -0.3 is 29.6 Å². The van der Waals surface area contributed by atoms with Crippen molar-refractivity contribution in [3.05, 3.63) is 29.8 Å². The normalized spacial score (nSPS) is 24.6. The first kappa shape index (κ1) is 28.3. The molecule has 1 aromatic carbocycles. The number of carbonyl (C=O) groups is 2. The van der Waals surface area contributed by atoms with E-state index in [2.05, 4.69) is 22.8 Å². The number of alkyl carbamates (subject to hydrolysis) is 1. The topological polar surface area (TPSA) is 95.1 Å². The first-order valence-corrected chi connectivity index (χ1v) is 13.4. The number of amides is 1. The average Bonchev–Trinajstić information content (AvgIpc) is 2.85. The SMILES string of the molecule is COC(=O)CCCOc1ccccc1C1CCC(OC[C@H]2NCCC[C@H]2NC(=O)OC(C)(C)C)CC1. The van der Waals surface area contributed by atoms with Crippen molar-refractivity contribution < 1.29 is 28.5 Å². The van der Waals surface area contributed by atoms with Crippen LogP contribution in [0.15, 0.2) is 24.3 Å². The summed E-state index contributed by atoms with van der Waals surface area (Å²) in [6.07, 6.45) is 6.89. The molecule has 1 aliphatic heterocycles. The van der Waals surface area contributed by atoms with Crippen molar-refractivity contribution in [1.29, 1.82) is 0 Å². The molecule has 1 heterocycles. The highest BCUT2D eigenvalue weighted by Gasteiger charge is 2.30. The second kappa shape index (κ2) is 13.8. The van der Waals surface area contributed by atoms with Gasteiger partial charge in [0.2, 0.25) is 0 Å². The summed E-state index contributed by atoms with van der Waals surface area (Å²) in [7, 11) is 1.41. The van der Waals surface area contributed by atoms with Crippen LogP contribution in [-0.2, 0) is 19.0 Å². The van der Waals surface area contributed by atoms with E-state index >= 15 is 0 Å². The lowest BCUT2D eigenvalue weighted by Crippen LogP contribution is -2.56. The summed E-state index contributed by atoms with van der Waals surface area (Å²) in [4.78, 5) is 23.6. The first-order valence-electron chi connectivity index (χ1n) is 13.4. The Morgan fingerprint density at radius 1 is 1.08 bits per heavy atom. The highest BCUT2D eigenvalue weighted by atomic mass is 16.6. The molecule has 2 N–H and O–H groups in total. The minimum atomic E-state index is -0.510. The Balaban J connectivity index is 1.44. The maximum absolute atomic E-state index is 12.3. The van der Waals surface area contributed by atoms with Gasteiger partial charge in [0, 0.05) is 12.5 Å². The molecule has 0 unspecified atom stereocenters. The minimum Gasteiger partial charge on any atom is -0.493 e. The number of rotatable bonds is 10. The van der Waals surface area contributed by atoms with Crippen molar-refractivity contribution in [3.63, 3.8) is 0 Å². The molecule has 0 spiro atoms. The summed E-state index contributed by atoms with van der Waals surface area (Å²) in [6.45, 7) is 7.63. The number of benzene rings is 1. The number of hydrogen-bond acceptors (Lipinski definition) is 7. The Kier molecular flexibility index (Phi) is 10.9. The smallest absolute Gasteiger partial charge is 0.407 e. The molecule has 36 heavy (non-hydrogen) atoms. The number of carbonyl (C=O) groups excluding carboxylic acids is 2. The van der Waals surface area contributed by atoms with E-state index in [0.29, 0.717) is 32.0 Å². The highest BCUT2D eigenvalue weighted by molar-refractivity contribution is 5.69. The van der Waals surface area contributed by atoms with E-state index in [0.717, 1.165) is 50.8 Å². The van der Waals surface area contributed by atoms with Gasteiger partial charge in [0.05, 0.1) is 32.5 Å². The molecule has 3 rings (SSSR count). The number of para-hydroxylation sites is 1. The maximum Gasteiger partial charge on any atom is 0.407 e. The highest BCUT2D eigenvalue weighted by Crippen LogP contribution is 2.38. The van der Waals surface area contributed by atoms with Crippen molar-refractivity contribution in [1.82, 2.24) is 10.6 Å². The summed E-state index contributed by atoms with van der Waals surface area (Å²) >= 11 is 0. The largest absolute Gasteiger partial charge is 0.493 e. The van der Waals surface area contributed by atoms with Gasteiger partial charge in [-0.05, 0) is 89.8 Å². The molecule has 0 aromatic heterocycles. The van der Waals surface area contributed by atoms with Gasteiger partial charge in [0.1, 0.15) is 11.4 Å². The third-order valence-electron chi connectivity index (χ3n) is 6.84. The number of hydrogen-bond donors (Lipinski definition) is 2. The van der Waals surface area contributed by atoms with Gasteiger partial charge in [0.15, 0.2) is 0 Å². The second-order valence-corrected chi connectivity index (χ2v) is 10.8. The van der Waals surface area contributed by atoms with Crippen LogP contribution >= 0.6 is 0 Å². The summed E-state index contributed by atoms with van der Waals surface area (Å²) in [6, 6.07) is 8.32. The molecule has 202 valence electrons. The molecule has 1 saturated heterocycles. The Bertz CT molecular complexity index is 832. The molecule has 1 aliphatic carbocycles. The first-order chi connectivity index (χ1) is 17.2. The molecule has 8 heteroatoms. The molecule has 2 aliphatic rings. The van der Waals surface area contributed by atoms with Crippen LogP contribution in [0.3, 0.4) is 0 Å². The number of methoxy groups -OCH3 is 1. The minimum absolute atomic E-state index is 0.00754. The van der Waals surface area contributed by atoms with Gasteiger partial charge in [0.25, 0.3) is 0 Å². The van der Waals surface area contributed by atoms with Crippen molar-refractivity contribution in [2.24, 2.45) is 0 Å². The van der Waals surface area contributed by atoms with E-state index in [1.165, 1.54) is 12.7 Å². The van der Waals surface area contributed by atoms with E-state index in [1.54, 1.807) is 0 Å². The fourth-order valence-electron chi connectivity index (χ4n) is 4.99. The predicted octanol–water partition coefficient (Wildman–Crippen LogP) is 4.71. The number of piperidine rings is 1. The van der Waals surface area contributed by atoms with Crippen LogP contribution in [-0.4, -0.2) is 62.7 Å². The number of esters is 1. The van der Waals surface area contributed by atoms with Gasteiger partial charge in [-0.2, -0.15) is 0 Å². The summed E-state index contributed by atoms with van der Waals surface area (Å²) in [5.41, 5.74) is 0.730. The molecule has 1 saturated carbocycles. The molecule has 2 atom stereocenters. The zero-order chi connectivity index (χ0) is 26.0. The van der Waals surface area contributed by atoms with Crippen LogP contribution in [0.4, 0.5) is 4.79 Å². The van der Waals surface area contributed by atoms with E-state index in [-0.39, 0.29) is 30.3 Å².